The van der Waals surface area contributed by atoms with Crippen molar-refractivity contribution in [2.24, 2.45) is 5.92 Å². The van der Waals surface area contributed by atoms with E-state index in [2.05, 4.69) is 36.5 Å². The summed E-state index contributed by atoms with van der Waals surface area (Å²) in [6, 6.07) is 0.432. The Balaban J connectivity index is 2.68. The third-order valence-electron chi connectivity index (χ3n) is 2.41. The molecule has 1 aromatic rings. The van der Waals surface area contributed by atoms with Crippen LogP contribution in [0.5, 0.6) is 0 Å². The lowest BCUT2D eigenvalue weighted by atomic mass is 9.97. The number of nitrogens with one attached hydrogen (secondary N) is 1. The second-order valence-corrected chi connectivity index (χ2v) is 4.05. The first-order valence-corrected chi connectivity index (χ1v) is 5.85. The number of nitrogens with zero attached hydrogens (tertiary/aromatic N) is 1. The van der Waals surface area contributed by atoms with Crippen molar-refractivity contribution in [3.05, 3.63) is 16.6 Å². The zero-order valence-electron chi connectivity index (χ0n) is 8.58. The summed E-state index contributed by atoms with van der Waals surface area (Å²) < 4.78 is 0. The SMILES string of the molecule is CCNC(c1cscn1)C(C)CC. The molecule has 0 aliphatic heterocycles. The molecular weight excluding hydrogens is 180 g/mol. The van der Waals surface area contributed by atoms with Crippen molar-refractivity contribution in [2.45, 2.75) is 33.2 Å². The lowest BCUT2D eigenvalue weighted by molar-refractivity contribution is 0.378. The van der Waals surface area contributed by atoms with Crippen molar-refractivity contribution in [1.82, 2.24) is 10.3 Å². The van der Waals surface area contributed by atoms with Crippen molar-refractivity contribution >= 4 is 11.3 Å². The van der Waals surface area contributed by atoms with E-state index in [0.29, 0.717) is 12.0 Å². The van der Waals surface area contributed by atoms with Crippen molar-refractivity contribution in [1.29, 1.82) is 0 Å². The van der Waals surface area contributed by atoms with Crippen LogP contribution in [0.4, 0.5) is 0 Å². The number of hydrogen-bond acceptors (Lipinski definition) is 3. The Bertz CT molecular complexity index is 221. The molecule has 0 saturated carbocycles. The van der Waals surface area contributed by atoms with Crippen LogP contribution < -0.4 is 5.32 Å². The van der Waals surface area contributed by atoms with Crippen LogP contribution in [0.3, 0.4) is 0 Å². The van der Waals surface area contributed by atoms with Gasteiger partial charge in [-0.05, 0) is 12.5 Å². The molecule has 0 amide bonds. The Hall–Kier alpha value is -0.410. The third kappa shape index (κ3) is 2.78. The quantitative estimate of drug-likeness (QED) is 0.787. The van der Waals surface area contributed by atoms with Crippen LogP contribution in [0, 0.1) is 5.92 Å². The first kappa shape index (κ1) is 10.7. The molecule has 13 heavy (non-hydrogen) atoms. The van der Waals surface area contributed by atoms with Crippen LogP contribution in [-0.4, -0.2) is 11.5 Å². The summed E-state index contributed by atoms with van der Waals surface area (Å²) in [6.45, 7) is 7.64. The van der Waals surface area contributed by atoms with Gasteiger partial charge in [-0.1, -0.05) is 27.2 Å². The van der Waals surface area contributed by atoms with Crippen LogP contribution in [-0.2, 0) is 0 Å². The van der Waals surface area contributed by atoms with E-state index in [1.54, 1.807) is 11.3 Å². The van der Waals surface area contributed by atoms with Gasteiger partial charge in [-0.3, -0.25) is 0 Å². The molecule has 0 aliphatic rings. The van der Waals surface area contributed by atoms with Crippen molar-refractivity contribution in [3.63, 3.8) is 0 Å². The predicted molar refractivity (Wildman–Crippen MR) is 58.0 cm³/mol. The molecule has 1 rings (SSSR count). The maximum atomic E-state index is 4.36. The minimum absolute atomic E-state index is 0.432. The van der Waals surface area contributed by atoms with Gasteiger partial charge in [-0.2, -0.15) is 0 Å². The normalized spacial score (nSPS) is 15.6. The van der Waals surface area contributed by atoms with Gasteiger partial charge >= 0.3 is 0 Å². The number of rotatable bonds is 5. The van der Waals surface area contributed by atoms with E-state index in [1.807, 2.05) is 5.51 Å². The molecule has 1 N–H and O–H groups in total. The maximum absolute atomic E-state index is 4.36. The first-order chi connectivity index (χ1) is 6.29. The third-order valence-corrected chi connectivity index (χ3v) is 3.01. The Morgan fingerprint density at radius 1 is 1.54 bits per heavy atom. The molecule has 1 heterocycles. The van der Waals surface area contributed by atoms with Gasteiger partial charge in [0.25, 0.3) is 0 Å². The summed E-state index contributed by atoms with van der Waals surface area (Å²) in [7, 11) is 0. The number of aromatic nitrogens is 1. The highest BCUT2D eigenvalue weighted by Gasteiger charge is 2.17. The second kappa shape index (κ2) is 5.35. The van der Waals surface area contributed by atoms with E-state index in [1.165, 1.54) is 12.1 Å². The Kier molecular flexibility index (Phi) is 4.39. The van der Waals surface area contributed by atoms with Crippen molar-refractivity contribution < 1.29 is 0 Å². The van der Waals surface area contributed by atoms with E-state index in [4.69, 9.17) is 0 Å². The van der Waals surface area contributed by atoms with Gasteiger partial charge in [0.15, 0.2) is 0 Å². The van der Waals surface area contributed by atoms with Gasteiger partial charge < -0.3 is 5.32 Å². The highest BCUT2D eigenvalue weighted by Crippen LogP contribution is 2.23. The molecule has 2 nitrogen and oxygen atoms in total. The molecule has 0 spiro atoms. The molecule has 2 atom stereocenters. The Morgan fingerprint density at radius 3 is 2.77 bits per heavy atom. The fraction of sp³-hybridized carbons (Fsp3) is 0.700. The Labute approximate surface area is 84.4 Å². The lowest BCUT2D eigenvalue weighted by Gasteiger charge is -2.21. The summed E-state index contributed by atoms with van der Waals surface area (Å²) in [5.41, 5.74) is 3.10. The zero-order chi connectivity index (χ0) is 9.68. The average Bonchev–Trinajstić information content (AvgIpc) is 2.65. The molecule has 2 unspecified atom stereocenters. The zero-order valence-corrected chi connectivity index (χ0v) is 9.40. The van der Waals surface area contributed by atoms with Gasteiger partial charge in [0.1, 0.15) is 0 Å². The average molecular weight is 198 g/mol. The predicted octanol–water partition coefficient (Wildman–Crippen LogP) is 2.84. The largest absolute Gasteiger partial charge is 0.309 e. The molecule has 0 aliphatic carbocycles. The van der Waals surface area contributed by atoms with E-state index in [-0.39, 0.29) is 0 Å². The molecule has 0 radical (unpaired) electrons. The molecule has 0 bridgehead atoms. The van der Waals surface area contributed by atoms with Gasteiger partial charge in [0.05, 0.1) is 17.2 Å². The van der Waals surface area contributed by atoms with Gasteiger partial charge in [-0.25, -0.2) is 4.98 Å². The molecule has 1 aromatic heterocycles. The van der Waals surface area contributed by atoms with Crippen molar-refractivity contribution in [2.75, 3.05) is 6.54 Å². The highest BCUT2D eigenvalue weighted by atomic mass is 32.1. The second-order valence-electron chi connectivity index (χ2n) is 3.33. The highest BCUT2D eigenvalue weighted by molar-refractivity contribution is 7.07. The summed E-state index contributed by atoms with van der Waals surface area (Å²) in [5, 5.41) is 5.62. The van der Waals surface area contributed by atoms with Crippen LogP contribution in [0.25, 0.3) is 0 Å². The fourth-order valence-electron chi connectivity index (χ4n) is 1.43. The standard InChI is InChI=1S/C10H18N2S/c1-4-8(3)10(11-5-2)9-6-13-7-12-9/h6-8,10-11H,4-5H2,1-3H3. The Morgan fingerprint density at radius 2 is 2.31 bits per heavy atom. The van der Waals surface area contributed by atoms with Crippen LogP contribution >= 0.6 is 11.3 Å². The van der Waals surface area contributed by atoms with E-state index >= 15 is 0 Å². The summed E-state index contributed by atoms with van der Waals surface area (Å²) in [4.78, 5) is 4.36. The van der Waals surface area contributed by atoms with Crippen molar-refractivity contribution in [3.8, 4) is 0 Å². The number of thiazole rings is 1. The minimum Gasteiger partial charge on any atom is -0.309 e. The molecular formula is C10H18N2S. The van der Waals surface area contributed by atoms with Gasteiger partial charge in [0.2, 0.25) is 0 Å². The van der Waals surface area contributed by atoms with E-state index in [0.717, 1.165) is 6.54 Å². The number of hydrogen-bond donors (Lipinski definition) is 1. The molecule has 0 fully saturated rings. The molecule has 3 heteroatoms. The molecule has 0 saturated heterocycles. The van der Waals surface area contributed by atoms with Crippen LogP contribution in [0.1, 0.15) is 38.9 Å². The lowest BCUT2D eigenvalue weighted by Crippen LogP contribution is -2.26. The monoisotopic (exact) mass is 198 g/mol. The maximum Gasteiger partial charge on any atom is 0.0795 e. The minimum atomic E-state index is 0.432. The smallest absolute Gasteiger partial charge is 0.0795 e. The van der Waals surface area contributed by atoms with E-state index in [9.17, 15) is 0 Å². The van der Waals surface area contributed by atoms with Crippen LogP contribution in [0.2, 0.25) is 0 Å². The molecule has 74 valence electrons. The topological polar surface area (TPSA) is 24.9 Å². The molecule has 0 aromatic carbocycles. The first-order valence-electron chi connectivity index (χ1n) is 4.91. The van der Waals surface area contributed by atoms with Gasteiger partial charge in [-0.15, -0.1) is 11.3 Å². The summed E-state index contributed by atoms with van der Waals surface area (Å²) >= 11 is 1.67. The van der Waals surface area contributed by atoms with Gasteiger partial charge in [0, 0.05) is 5.38 Å². The summed E-state index contributed by atoms with van der Waals surface area (Å²) in [6.07, 6.45) is 1.19. The summed E-state index contributed by atoms with van der Waals surface area (Å²) in [5.74, 6) is 0.655. The van der Waals surface area contributed by atoms with Crippen LogP contribution in [0.15, 0.2) is 10.9 Å². The fourth-order valence-corrected chi connectivity index (χ4v) is 2.02. The van der Waals surface area contributed by atoms with E-state index < -0.39 is 0 Å².